The number of nitrogens with zero attached hydrogens (tertiary/aromatic N) is 2. The van der Waals surface area contributed by atoms with Crippen LogP contribution in [-0.2, 0) is 21.2 Å². The fraction of sp³-hybridized carbons (Fsp3) is 0.231. The maximum Gasteiger partial charge on any atom is 0.339 e. The number of ether oxygens (including phenoxy) is 1. The maximum atomic E-state index is 13.5. The van der Waals surface area contributed by atoms with Crippen LogP contribution in [0.4, 0.5) is 4.39 Å². The standard InChI is InChI=1S/C26H23FN2O5S/c27-21-7-4-8-22(17-21)35(32,33)29-13-11-28(12-14-29)25(30)19-9-10-23-20(15-19)16-24(34-26(23)31)18-5-2-1-3-6-18/h1-10,15,17,24H,11-14,16H2. The predicted octanol–water partition coefficient (Wildman–Crippen LogP) is 3.43. The van der Waals surface area contributed by atoms with Gasteiger partial charge in [-0.1, -0.05) is 36.4 Å². The Balaban J connectivity index is 1.29. The molecular weight excluding hydrogens is 471 g/mol. The average molecular weight is 495 g/mol. The molecule has 1 amide bonds. The summed E-state index contributed by atoms with van der Waals surface area (Å²) in [5.41, 5.74) is 2.51. The minimum Gasteiger partial charge on any atom is -0.454 e. The molecule has 5 rings (SSSR count). The molecule has 0 aromatic heterocycles. The van der Waals surface area contributed by atoms with E-state index >= 15 is 0 Å². The Morgan fingerprint density at radius 2 is 1.66 bits per heavy atom. The van der Waals surface area contributed by atoms with Crippen LogP contribution in [0.3, 0.4) is 0 Å². The van der Waals surface area contributed by atoms with Crippen LogP contribution in [0.5, 0.6) is 0 Å². The zero-order chi connectivity index (χ0) is 24.6. The number of fused-ring (bicyclic) bond motifs is 1. The Kier molecular flexibility index (Phi) is 6.12. The lowest BCUT2D eigenvalue weighted by Gasteiger charge is -2.34. The van der Waals surface area contributed by atoms with Gasteiger partial charge in [-0.3, -0.25) is 4.79 Å². The number of cyclic esters (lactones) is 1. The molecule has 1 atom stereocenters. The van der Waals surface area contributed by atoms with Gasteiger partial charge < -0.3 is 9.64 Å². The molecule has 9 heteroatoms. The third kappa shape index (κ3) is 4.56. The first-order valence-corrected chi connectivity index (χ1v) is 12.7. The van der Waals surface area contributed by atoms with Crippen LogP contribution in [0.25, 0.3) is 0 Å². The first kappa shape index (κ1) is 23.2. The largest absolute Gasteiger partial charge is 0.454 e. The van der Waals surface area contributed by atoms with Crippen molar-refractivity contribution in [3.8, 4) is 0 Å². The summed E-state index contributed by atoms with van der Waals surface area (Å²) in [7, 11) is -3.85. The van der Waals surface area contributed by atoms with Crippen molar-refractivity contribution in [2.24, 2.45) is 0 Å². The molecule has 1 fully saturated rings. The lowest BCUT2D eigenvalue weighted by Crippen LogP contribution is -2.50. The van der Waals surface area contributed by atoms with E-state index in [1.54, 1.807) is 23.1 Å². The molecular formula is C26H23FN2O5S. The van der Waals surface area contributed by atoms with Gasteiger partial charge in [0.15, 0.2) is 0 Å². The number of halogens is 1. The number of esters is 1. The quantitative estimate of drug-likeness (QED) is 0.519. The van der Waals surface area contributed by atoms with Crippen molar-refractivity contribution >= 4 is 21.9 Å². The van der Waals surface area contributed by atoms with Gasteiger partial charge in [0.05, 0.1) is 10.5 Å². The summed E-state index contributed by atoms with van der Waals surface area (Å²) in [5, 5.41) is 0. The Labute approximate surface area is 202 Å². The van der Waals surface area contributed by atoms with Gasteiger partial charge in [0, 0.05) is 38.2 Å². The highest BCUT2D eigenvalue weighted by atomic mass is 32.2. The topological polar surface area (TPSA) is 84.0 Å². The zero-order valence-electron chi connectivity index (χ0n) is 18.8. The molecule has 0 spiro atoms. The van der Waals surface area contributed by atoms with Crippen LogP contribution in [-0.4, -0.2) is 55.7 Å². The molecule has 2 heterocycles. The molecule has 180 valence electrons. The zero-order valence-corrected chi connectivity index (χ0v) is 19.6. The second kappa shape index (κ2) is 9.24. The molecule has 3 aromatic carbocycles. The normalized spacial score (nSPS) is 18.6. The van der Waals surface area contributed by atoms with Gasteiger partial charge in [0.1, 0.15) is 11.9 Å². The molecule has 2 aliphatic rings. The summed E-state index contributed by atoms with van der Waals surface area (Å²) in [6.07, 6.45) is 0.0457. The molecule has 35 heavy (non-hydrogen) atoms. The number of sulfonamides is 1. The minimum absolute atomic E-state index is 0.105. The average Bonchev–Trinajstić information content (AvgIpc) is 2.88. The molecule has 3 aromatic rings. The van der Waals surface area contributed by atoms with Crippen molar-refractivity contribution < 1.29 is 27.1 Å². The second-order valence-corrected chi connectivity index (χ2v) is 10.5. The summed E-state index contributed by atoms with van der Waals surface area (Å²) < 4.78 is 46.0. The van der Waals surface area contributed by atoms with E-state index in [1.807, 2.05) is 30.3 Å². The predicted molar refractivity (Wildman–Crippen MR) is 126 cm³/mol. The number of benzene rings is 3. The Morgan fingerprint density at radius 1 is 0.914 bits per heavy atom. The highest BCUT2D eigenvalue weighted by Crippen LogP contribution is 2.31. The number of amides is 1. The highest BCUT2D eigenvalue weighted by molar-refractivity contribution is 7.89. The summed E-state index contributed by atoms with van der Waals surface area (Å²) in [6, 6.07) is 19.3. The summed E-state index contributed by atoms with van der Waals surface area (Å²) in [6.45, 7) is 0.633. The SMILES string of the molecule is O=C1OC(c2ccccc2)Cc2cc(C(=O)N3CCN(S(=O)(=O)c4cccc(F)c4)CC3)ccc21. The fourth-order valence-corrected chi connectivity index (χ4v) is 5.93. The van der Waals surface area contributed by atoms with Crippen molar-refractivity contribution in [3.63, 3.8) is 0 Å². The maximum absolute atomic E-state index is 13.5. The van der Waals surface area contributed by atoms with E-state index < -0.39 is 27.9 Å². The smallest absolute Gasteiger partial charge is 0.339 e. The van der Waals surface area contributed by atoms with Crippen molar-refractivity contribution in [3.05, 3.63) is 101 Å². The van der Waals surface area contributed by atoms with Gasteiger partial charge >= 0.3 is 5.97 Å². The van der Waals surface area contributed by atoms with E-state index in [9.17, 15) is 22.4 Å². The number of piperazine rings is 1. The lowest BCUT2D eigenvalue weighted by atomic mass is 9.93. The summed E-state index contributed by atoms with van der Waals surface area (Å²) in [4.78, 5) is 27.2. The molecule has 0 aliphatic carbocycles. The van der Waals surface area contributed by atoms with Crippen LogP contribution in [0.2, 0.25) is 0 Å². The monoisotopic (exact) mass is 494 g/mol. The van der Waals surface area contributed by atoms with E-state index in [-0.39, 0.29) is 37.0 Å². The molecule has 2 aliphatic heterocycles. The first-order chi connectivity index (χ1) is 16.8. The Hall–Kier alpha value is -3.56. The van der Waals surface area contributed by atoms with Gasteiger partial charge in [-0.05, 0) is 47.5 Å². The molecule has 0 radical (unpaired) electrons. The van der Waals surface area contributed by atoms with Gasteiger partial charge in [-0.2, -0.15) is 4.31 Å². The fourth-order valence-electron chi connectivity index (χ4n) is 4.47. The number of hydrogen-bond acceptors (Lipinski definition) is 5. The van der Waals surface area contributed by atoms with E-state index in [0.717, 1.165) is 17.2 Å². The van der Waals surface area contributed by atoms with Crippen LogP contribution >= 0.6 is 0 Å². The van der Waals surface area contributed by atoms with Crippen LogP contribution in [0.15, 0.2) is 77.7 Å². The summed E-state index contributed by atoms with van der Waals surface area (Å²) in [5.74, 6) is -1.27. The van der Waals surface area contributed by atoms with Gasteiger partial charge in [-0.15, -0.1) is 0 Å². The second-order valence-electron chi connectivity index (χ2n) is 8.53. The number of carbonyl (C=O) groups excluding carboxylic acids is 2. The molecule has 0 bridgehead atoms. The molecule has 1 saturated heterocycles. The minimum atomic E-state index is -3.85. The Bertz CT molecular complexity index is 1390. The van der Waals surface area contributed by atoms with Gasteiger partial charge in [0.25, 0.3) is 5.91 Å². The van der Waals surface area contributed by atoms with Crippen LogP contribution in [0, 0.1) is 5.82 Å². The molecule has 1 unspecified atom stereocenters. The number of carbonyl (C=O) groups is 2. The van der Waals surface area contributed by atoms with E-state index in [0.29, 0.717) is 17.5 Å². The van der Waals surface area contributed by atoms with Crippen molar-refractivity contribution in [1.82, 2.24) is 9.21 Å². The first-order valence-electron chi connectivity index (χ1n) is 11.3. The van der Waals surface area contributed by atoms with E-state index in [4.69, 9.17) is 4.74 Å². The third-order valence-electron chi connectivity index (χ3n) is 6.36. The summed E-state index contributed by atoms with van der Waals surface area (Å²) >= 11 is 0. The third-order valence-corrected chi connectivity index (χ3v) is 8.25. The van der Waals surface area contributed by atoms with E-state index in [2.05, 4.69) is 0 Å². The van der Waals surface area contributed by atoms with Crippen molar-refractivity contribution in [2.75, 3.05) is 26.2 Å². The van der Waals surface area contributed by atoms with Crippen LogP contribution < -0.4 is 0 Å². The Morgan fingerprint density at radius 3 is 2.37 bits per heavy atom. The molecule has 0 N–H and O–H groups in total. The van der Waals surface area contributed by atoms with Gasteiger partial charge in [0.2, 0.25) is 10.0 Å². The number of rotatable bonds is 4. The molecule has 7 nitrogen and oxygen atoms in total. The van der Waals surface area contributed by atoms with Gasteiger partial charge in [-0.25, -0.2) is 17.6 Å². The van der Waals surface area contributed by atoms with Crippen molar-refractivity contribution in [2.45, 2.75) is 17.4 Å². The molecule has 0 saturated carbocycles. The number of hydrogen-bond donors (Lipinski definition) is 0. The van der Waals surface area contributed by atoms with Crippen LogP contribution in [0.1, 0.15) is 37.9 Å². The highest BCUT2D eigenvalue weighted by Gasteiger charge is 2.32. The lowest BCUT2D eigenvalue weighted by molar-refractivity contribution is 0.0252. The van der Waals surface area contributed by atoms with Crippen molar-refractivity contribution in [1.29, 1.82) is 0 Å². The van der Waals surface area contributed by atoms with E-state index in [1.165, 1.54) is 22.5 Å².